The highest BCUT2D eigenvalue weighted by molar-refractivity contribution is 6.46. The van der Waals surface area contributed by atoms with Crippen LogP contribution in [-0.2, 0) is 16.1 Å². The van der Waals surface area contributed by atoms with E-state index >= 15 is 0 Å². The number of anilines is 1. The molecule has 8 heteroatoms. The van der Waals surface area contributed by atoms with Crippen molar-refractivity contribution in [2.75, 3.05) is 18.0 Å². The number of aryl methyl sites for hydroxylation is 2. The summed E-state index contributed by atoms with van der Waals surface area (Å²) in [6.45, 7) is 9.92. The number of rotatable bonds is 8. The average Bonchev–Trinajstić information content (AvgIpc) is 3.16. The van der Waals surface area contributed by atoms with Crippen molar-refractivity contribution < 1.29 is 19.6 Å². The second-order valence-electron chi connectivity index (χ2n) is 9.42. The number of Topliss-reactive ketones (excluding diaryl/α,β-unsaturated/α-hetero) is 1. The monoisotopic (exact) mass is 513 g/mol. The summed E-state index contributed by atoms with van der Waals surface area (Å²) in [6, 6.07) is 18.1. The molecular weight excluding hydrogens is 482 g/mol. The van der Waals surface area contributed by atoms with Gasteiger partial charge >= 0.3 is 0 Å². The van der Waals surface area contributed by atoms with Crippen LogP contribution in [-0.4, -0.2) is 39.7 Å². The number of hydrogen-bond donors (Lipinski definition) is 1. The molecule has 0 spiro atoms. The SMILES string of the molecule is CCN(CC)c1ccc(C2/C(=C(/O)c3ccc([N+](=O)[O-])cc3)C(=O)C(=O)N2Cc2cc(C)ccc2C)cc1. The first kappa shape index (κ1) is 26.6. The average molecular weight is 514 g/mol. The first-order valence-electron chi connectivity index (χ1n) is 12.6. The summed E-state index contributed by atoms with van der Waals surface area (Å²) >= 11 is 0. The Kier molecular flexibility index (Phi) is 7.62. The molecule has 0 radical (unpaired) electrons. The molecule has 196 valence electrons. The van der Waals surface area contributed by atoms with Crippen molar-refractivity contribution in [2.24, 2.45) is 0 Å². The van der Waals surface area contributed by atoms with Crippen molar-refractivity contribution in [2.45, 2.75) is 40.3 Å². The minimum Gasteiger partial charge on any atom is -0.507 e. The Hall–Kier alpha value is -4.46. The van der Waals surface area contributed by atoms with Gasteiger partial charge in [0.15, 0.2) is 0 Å². The minimum absolute atomic E-state index is 0.0373. The molecule has 1 aliphatic rings. The molecule has 1 unspecified atom stereocenters. The molecule has 0 bridgehead atoms. The third-order valence-corrected chi connectivity index (χ3v) is 7.07. The van der Waals surface area contributed by atoms with Crippen LogP contribution < -0.4 is 4.90 Å². The first-order valence-corrected chi connectivity index (χ1v) is 12.6. The summed E-state index contributed by atoms with van der Waals surface area (Å²) < 4.78 is 0. The van der Waals surface area contributed by atoms with E-state index in [4.69, 9.17) is 0 Å². The quantitative estimate of drug-likeness (QED) is 0.137. The number of hydrogen-bond acceptors (Lipinski definition) is 6. The lowest BCUT2D eigenvalue weighted by Crippen LogP contribution is -2.29. The fourth-order valence-corrected chi connectivity index (χ4v) is 4.90. The third-order valence-electron chi connectivity index (χ3n) is 7.07. The van der Waals surface area contributed by atoms with E-state index in [9.17, 15) is 24.8 Å². The van der Waals surface area contributed by atoms with Crippen LogP contribution in [0.3, 0.4) is 0 Å². The van der Waals surface area contributed by atoms with Crippen LogP contribution in [0.25, 0.3) is 5.76 Å². The Morgan fingerprint density at radius 1 is 0.974 bits per heavy atom. The zero-order valence-electron chi connectivity index (χ0n) is 22.0. The number of nitro groups is 1. The van der Waals surface area contributed by atoms with Gasteiger partial charge in [-0.2, -0.15) is 0 Å². The van der Waals surface area contributed by atoms with E-state index in [1.54, 1.807) is 0 Å². The largest absolute Gasteiger partial charge is 0.507 e. The summed E-state index contributed by atoms with van der Waals surface area (Å²) in [6.07, 6.45) is 0. The maximum Gasteiger partial charge on any atom is 0.295 e. The molecule has 3 aromatic rings. The fourth-order valence-electron chi connectivity index (χ4n) is 4.90. The zero-order valence-corrected chi connectivity index (χ0v) is 22.0. The van der Waals surface area contributed by atoms with Gasteiger partial charge in [0.2, 0.25) is 0 Å². The van der Waals surface area contributed by atoms with Gasteiger partial charge in [-0.25, -0.2) is 0 Å². The molecule has 0 saturated carbocycles. The van der Waals surface area contributed by atoms with Gasteiger partial charge in [0.1, 0.15) is 5.76 Å². The molecule has 0 aliphatic carbocycles. The van der Waals surface area contributed by atoms with E-state index in [2.05, 4.69) is 18.7 Å². The number of amides is 1. The second kappa shape index (κ2) is 10.9. The van der Waals surface area contributed by atoms with Gasteiger partial charge in [-0.3, -0.25) is 19.7 Å². The lowest BCUT2D eigenvalue weighted by atomic mass is 9.94. The smallest absolute Gasteiger partial charge is 0.295 e. The molecule has 1 heterocycles. The molecule has 4 rings (SSSR count). The van der Waals surface area contributed by atoms with Gasteiger partial charge < -0.3 is 14.9 Å². The van der Waals surface area contributed by atoms with E-state index < -0.39 is 22.7 Å². The molecule has 3 aromatic carbocycles. The number of likely N-dealkylation sites (tertiary alicyclic amines) is 1. The highest BCUT2D eigenvalue weighted by atomic mass is 16.6. The molecule has 1 aliphatic heterocycles. The van der Waals surface area contributed by atoms with E-state index in [1.807, 2.05) is 56.3 Å². The summed E-state index contributed by atoms with van der Waals surface area (Å²) in [5, 5.41) is 22.4. The van der Waals surface area contributed by atoms with Crippen molar-refractivity contribution in [1.82, 2.24) is 4.90 Å². The molecule has 1 fully saturated rings. The Bertz CT molecular complexity index is 1410. The predicted molar refractivity (Wildman–Crippen MR) is 147 cm³/mol. The number of carbonyl (C=O) groups is 2. The maximum absolute atomic E-state index is 13.4. The van der Waals surface area contributed by atoms with Crippen LogP contribution in [0.1, 0.15) is 47.7 Å². The van der Waals surface area contributed by atoms with Crippen molar-refractivity contribution in [3.8, 4) is 0 Å². The van der Waals surface area contributed by atoms with Crippen LogP contribution in [0.15, 0.2) is 72.3 Å². The number of aliphatic hydroxyl groups is 1. The van der Waals surface area contributed by atoms with Crippen LogP contribution in [0.2, 0.25) is 0 Å². The summed E-state index contributed by atoms with van der Waals surface area (Å²) in [5.41, 5.74) is 4.69. The highest BCUT2D eigenvalue weighted by Crippen LogP contribution is 2.41. The van der Waals surface area contributed by atoms with Crippen LogP contribution in [0.5, 0.6) is 0 Å². The van der Waals surface area contributed by atoms with Gasteiger partial charge in [-0.15, -0.1) is 0 Å². The number of non-ortho nitro benzene ring substituents is 1. The van der Waals surface area contributed by atoms with Gasteiger partial charge in [0.25, 0.3) is 17.4 Å². The normalized spacial score (nSPS) is 16.6. The van der Waals surface area contributed by atoms with E-state index in [1.165, 1.54) is 29.2 Å². The summed E-state index contributed by atoms with van der Waals surface area (Å²) in [7, 11) is 0. The van der Waals surface area contributed by atoms with Crippen molar-refractivity contribution in [3.05, 3.63) is 110 Å². The molecule has 1 N–H and O–H groups in total. The molecule has 1 saturated heterocycles. The predicted octanol–water partition coefficient (Wildman–Crippen LogP) is 5.68. The first-order chi connectivity index (χ1) is 18.2. The van der Waals surface area contributed by atoms with Gasteiger partial charge in [-0.1, -0.05) is 35.9 Å². The topological polar surface area (TPSA) is 104 Å². The molecule has 0 aromatic heterocycles. The zero-order chi connectivity index (χ0) is 27.6. The number of aliphatic hydroxyl groups excluding tert-OH is 1. The maximum atomic E-state index is 13.4. The Morgan fingerprint density at radius 3 is 2.18 bits per heavy atom. The Morgan fingerprint density at radius 2 is 1.61 bits per heavy atom. The summed E-state index contributed by atoms with van der Waals surface area (Å²) in [5.74, 6) is -1.85. The van der Waals surface area contributed by atoms with E-state index in [-0.39, 0.29) is 29.1 Å². The highest BCUT2D eigenvalue weighted by Gasteiger charge is 2.46. The van der Waals surface area contributed by atoms with E-state index in [0.717, 1.165) is 35.5 Å². The van der Waals surface area contributed by atoms with Crippen molar-refractivity contribution >= 4 is 28.8 Å². The number of nitro benzene ring substituents is 1. The van der Waals surface area contributed by atoms with Crippen molar-refractivity contribution in [1.29, 1.82) is 0 Å². The molecule has 8 nitrogen and oxygen atoms in total. The Labute approximate surface area is 222 Å². The van der Waals surface area contributed by atoms with Crippen LogP contribution in [0.4, 0.5) is 11.4 Å². The summed E-state index contributed by atoms with van der Waals surface area (Å²) in [4.78, 5) is 41.0. The van der Waals surface area contributed by atoms with Crippen molar-refractivity contribution in [3.63, 3.8) is 0 Å². The fraction of sp³-hybridized carbons (Fsp3) is 0.267. The minimum atomic E-state index is -0.823. The molecule has 38 heavy (non-hydrogen) atoms. The number of benzene rings is 3. The van der Waals surface area contributed by atoms with E-state index in [0.29, 0.717) is 5.56 Å². The van der Waals surface area contributed by atoms with Gasteiger partial charge in [-0.05, 0) is 68.7 Å². The molecular formula is C30H31N3O5. The third kappa shape index (κ3) is 5.02. The lowest BCUT2D eigenvalue weighted by molar-refractivity contribution is -0.384. The van der Waals surface area contributed by atoms with Crippen LogP contribution in [0, 0.1) is 24.0 Å². The van der Waals surface area contributed by atoms with Gasteiger partial charge in [0.05, 0.1) is 16.5 Å². The lowest BCUT2D eigenvalue weighted by Gasteiger charge is -2.27. The standard InChI is InChI=1S/C30H31N3O5/c1-5-31(6-2)24-13-9-21(10-14-24)27-26(28(34)22-11-15-25(16-12-22)33(37)38)29(35)30(36)32(27)18-23-17-19(3)7-8-20(23)4/h7-17,27,34H,5-6,18H2,1-4H3/b28-26-. The Balaban J connectivity index is 1.85. The van der Waals surface area contributed by atoms with Crippen LogP contribution >= 0.6 is 0 Å². The number of nitrogens with zero attached hydrogens (tertiary/aromatic N) is 3. The van der Waals surface area contributed by atoms with Gasteiger partial charge in [0, 0.05) is 43.0 Å². The second-order valence-corrected chi connectivity index (χ2v) is 9.42. The number of carbonyl (C=O) groups excluding carboxylic acids is 2. The molecule has 1 amide bonds. The molecule has 1 atom stereocenters. The number of ketones is 1.